The molecule has 0 rings (SSSR count). The summed E-state index contributed by atoms with van der Waals surface area (Å²) in [6.45, 7) is 0. The van der Waals surface area contributed by atoms with Crippen molar-refractivity contribution in [2.75, 3.05) is 0 Å². The molecule has 0 spiro atoms. The van der Waals surface area contributed by atoms with Crippen molar-refractivity contribution >= 4 is 8.41 Å². The van der Waals surface area contributed by atoms with Crippen LogP contribution in [0.5, 0.6) is 0 Å². The van der Waals surface area contributed by atoms with Crippen molar-refractivity contribution in [1.29, 1.82) is 0 Å². The summed E-state index contributed by atoms with van der Waals surface area (Å²) in [7, 11) is 0. The van der Waals surface area contributed by atoms with E-state index in [1.807, 2.05) is 0 Å². The molecule has 5 heavy (non-hydrogen) atoms. The van der Waals surface area contributed by atoms with Crippen molar-refractivity contribution in [3.8, 4) is 0 Å². The molecule has 0 nitrogen and oxygen atoms in total. The Balaban J connectivity index is 0. The van der Waals surface area contributed by atoms with Crippen LogP contribution in [0.4, 0.5) is 0 Å². The maximum atomic E-state index is 0. The molecule has 0 aromatic heterocycles. The first kappa shape index (κ1) is 59.8. The van der Waals surface area contributed by atoms with Gasteiger partial charge in [0, 0.05) is 75.8 Å². The van der Waals surface area contributed by atoms with Gasteiger partial charge in [0.15, 0.2) is 0 Å². The summed E-state index contributed by atoms with van der Waals surface area (Å²) in [5, 5.41) is 0. The average Bonchev–Trinajstić information content (AvgIpc) is 0. The standard InChI is InChI=1S/B.Co.Fe.Mn.Ni. The van der Waals surface area contributed by atoms with E-state index in [2.05, 4.69) is 0 Å². The van der Waals surface area contributed by atoms with Gasteiger partial charge in [0.05, 0.1) is 0 Å². The van der Waals surface area contributed by atoms with Crippen molar-refractivity contribution in [3.05, 3.63) is 0 Å². The van der Waals surface area contributed by atoms with Crippen LogP contribution < -0.4 is 0 Å². The first-order valence-electron chi connectivity index (χ1n) is 0. The number of hydrogen-bond acceptors (Lipinski definition) is 0. The van der Waals surface area contributed by atoms with Crippen molar-refractivity contribution in [2.24, 2.45) is 0 Å². The van der Waals surface area contributed by atoms with Crippen LogP contribution in [0.25, 0.3) is 0 Å². The van der Waals surface area contributed by atoms with E-state index in [9.17, 15) is 0 Å². The van der Waals surface area contributed by atoms with Gasteiger partial charge in [-0.25, -0.2) is 0 Å². The molecular weight excluding hydrogens is 239 g/mol. The van der Waals surface area contributed by atoms with E-state index in [4.69, 9.17) is 0 Å². The Morgan fingerprint density at radius 3 is 1.00 bits per heavy atom. The molecule has 0 atom stereocenters. The van der Waals surface area contributed by atoms with Gasteiger partial charge >= 0.3 is 0 Å². The molecule has 37 valence electrons. The fourth-order valence-electron chi connectivity index (χ4n) is 0. The maximum Gasteiger partial charge on any atom is 0 e. The molecular formula is BCoFeMnNi. The van der Waals surface area contributed by atoms with Crippen LogP contribution >= 0.6 is 0 Å². The monoisotopic (exact) mass is 239 g/mol. The predicted molar refractivity (Wildman–Crippen MR) is 5.75 cm³/mol. The zero-order valence-corrected chi connectivity index (χ0v) is 6.27. The van der Waals surface area contributed by atoms with Gasteiger partial charge in [-0.15, -0.1) is 0 Å². The van der Waals surface area contributed by atoms with Gasteiger partial charge in [0.1, 0.15) is 0 Å². The van der Waals surface area contributed by atoms with Crippen LogP contribution in [0.3, 0.4) is 0 Å². The molecule has 0 saturated heterocycles. The average molecular weight is 239 g/mol. The SMILES string of the molecule is [B].[Co].[Fe].[Mn].[Ni]. The second-order valence-corrected chi connectivity index (χ2v) is 0. The third kappa shape index (κ3) is 23.2. The van der Waals surface area contributed by atoms with E-state index in [1.165, 1.54) is 0 Å². The van der Waals surface area contributed by atoms with Crippen LogP contribution in [-0.4, -0.2) is 8.41 Å². The quantitative estimate of drug-likeness (QED) is 0.505. The summed E-state index contributed by atoms with van der Waals surface area (Å²) in [4.78, 5) is 0. The summed E-state index contributed by atoms with van der Waals surface area (Å²) in [6.07, 6.45) is 0. The summed E-state index contributed by atoms with van der Waals surface area (Å²) >= 11 is 0. The Morgan fingerprint density at radius 1 is 1.00 bits per heavy atom. The van der Waals surface area contributed by atoms with E-state index in [-0.39, 0.29) is 75.8 Å². The Bertz CT molecular complexity index is 11.6. The summed E-state index contributed by atoms with van der Waals surface area (Å²) in [5.41, 5.74) is 0. The smallest absolute Gasteiger partial charge is 0 e. The summed E-state index contributed by atoms with van der Waals surface area (Å²) in [6, 6.07) is 0. The summed E-state index contributed by atoms with van der Waals surface area (Å²) in [5.74, 6) is 0. The third-order valence-electron chi connectivity index (χ3n) is 0. The molecule has 0 aromatic rings. The molecule has 0 aromatic carbocycles. The van der Waals surface area contributed by atoms with Gasteiger partial charge in [-0.05, 0) is 0 Å². The van der Waals surface area contributed by atoms with Crippen molar-refractivity contribution in [3.63, 3.8) is 0 Å². The molecule has 0 unspecified atom stereocenters. The Kier molecular flexibility index (Phi) is 430. The molecule has 0 aliphatic heterocycles. The molecule has 0 aliphatic rings. The van der Waals surface area contributed by atoms with Gasteiger partial charge in [-0.3, -0.25) is 0 Å². The van der Waals surface area contributed by atoms with E-state index < -0.39 is 0 Å². The molecule has 0 bridgehead atoms. The molecule has 0 amide bonds. The first-order valence-corrected chi connectivity index (χ1v) is 0. The zero-order chi connectivity index (χ0) is 0. The minimum Gasteiger partial charge on any atom is 0 e. The van der Waals surface area contributed by atoms with Crippen LogP contribution in [0, 0.1) is 0 Å². The van der Waals surface area contributed by atoms with Gasteiger partial charge in [0.25, 0.3) is 0 Å². The van der Waals surface area contributed by atoms with Crippen LogP contribution in [0.15, 0.2) is 0 Å². The van der Waals surface area contributed by atoms with Crippen molar-refractivity contribution < 1.29 is 67.4 Å². The predicted octanol–water partition coefficient (Wildman–Crippen LogP) is -0.391. The molecule has 0 saturated carbocycles. The summed E-state index contributed by atoms with van der Waals surface area (Å²) < 4.78 is 0. The molecule has 0 heterocycles. The second kappa shape index (κ2) is 35.9. The number of hydrogen-bond donors (Lipinski definition) is 0. The van der Waals surface area contributed by atoms with Crippen molar-refractivity contribution in [1.82, 2.24) is 0 Å². The third-order valence-corrected chi connectivity index (χ3v) is 0. The molecule has 0 aliphatic carbocycles. The Labute approximate surface area is 75.2 Å². The van der Waals surface area contributed by atoms with Gasteiger partial charge in [-0.2, -0.15) is 0 Å². The van der Waals surface area contributed by atoms with E-state index in [1.54, 1.807) is 0 Å². The fraction of sp³-hybridized carbons (Fsp3) is 0. The van der Waals surface area contributed by atoms with Crippen LogP contribution in [0.2, 0.25) is 0 Å². The van der Waals surface area contributed by atoms with Gasteiger partial charge in [-0.1, -0.05) is 0 Å². The second-order valence-electron chi connectivity index (χ2n) is 0. The molecule has 0 N–H and O–H groups in total. The van der Waals surface area contributed by atoms with E-state index >= 15 is 0 Å². The normalized spacial score (nSPS) is 0. The first-order chi connectivity index (χ1) is 0. The van der Waals surface area contributed by atoms with Gasteiger partial charge in [0.2, 0.25) is 0 Å². The zero-order valence-electron chi connectivity index (χ0n) is 1.96. The Morgan fingerprint density at radius 2 is 1.00 bits per heavy atom. The van der Waals surface area contributed by atoms with Crippen LogP contribution in [-0.2, 0) is 67.4 Å². The topological polar surface area (TPSA) is 0 Å². The fourth-order valence-corrected chi connectivity index (χ4v) is 0. The van der Waals surface area contributed by atoms with Crippen LogP contribution in [0.1, 0.15) is 0 Å². The molecule has 5 radical (unpaired) electrons. The van der Waals surface area contributed by atoms with Crippen molar-refractivity contribution in [2.45, 2.75) is 0 Å². The van der Waals surface area contributed by atoms with E-state index in [0.29, 0.717) is 0 Å². The van der Waals surface area contributed by atoms with E-state index in [0.717, 1.165) is 0 Å². The Hall–Kier alpha value is 2.10. The maximum absolute atomic E-state index is 0. The molecule has 0 fully saturated rings. The number of rotatable bonds is 0. The minimum atomic E-state index is 0. The van der Waals surface area contributed by atoms with Gasteiger partial charge < -0.3 is 0 Å². The molecule has 5 heteroatoms. The minimum absolute atomic E-state index is 0. The largest absolute Gasteiger partial charge is 0 e.